The highest BCUT2D eigenvalue weighted by atomic mass is 32.2. The second-order valence-electron chi connectivity index (χ2n) is 4.71. The molecule has 0 rings (SSSR count). The smallest absolute Gasteiger partial charge is 0.321 e. The number of carboxylic acids is 1. The van der Waals surface area contributed by atoms with Gasteiger partial charge in [0.15, 0.2) is 0 Å². The van der Waals surface area contributed by atoms with E-state index in [4.69, 9.17) is 15.6 Å². The molecule has 0 aromatic heterocycles. The minimum Gasteiger partial charge on any atom is -0.480 e. The average Bonchev–Trinajstić information content (AvgIpc) is 2.13. The van der Waals surface area contributed by atoms with Crippen molar-refractivity contribution in [3.8, 4) is 0 Å². The molecule has 17 heavy (non-hydrogen) atoms. The molecule has 5 nitrogen and oxygen atoms in total. The molecular formula is C11H21NO4S. The summed E-state index contributed by atoms with van der Waals surface area (Å²) in [6, 6.07) is -0.832. The molecule has 0 fully saturated rings. The summed E-state index contributed by atoms with van der Waals surface area (Å²) in [5.74, 6) is -0.144. The van der Waals surface area contributed by atoms with E-state index in [1.54, 1.807) is 0 Å². The lowest BCUT2D eigenvalue weighted by Crippen LogP contribution is -2.32. The maximum atomic E-state index is 11.3. The third-order valence-electron chi connectivity index (χ3n) is 1.70. The highest BCUT2D eigenvalue weighted by Gasteiger charge is 2.16. The van der Waals surface area contributed by atoms with Crippen molar-refractivity contribution in [1.29, 1.82) is 0 Å². The summed E-state index contributed by atoms with van der Waals surface area (Å²) in [7, 11) is 0. The topological polar surface area (TPSA) is 89.6 Å². The Balaban J connectivity index is 3.52. The monoisotopic (exact) mass is 263 g/mol. The van der Waals surface area contributed by atoms with E-state index < -0.39 is 17.6 Å². The summed E-state index contributed by atoms with van der Waals surface area (Å²) < 4.78 is 5.14. The van der Waals surface area contributed by atoms with Crippen LogP contribution in [0, 0.1) is 0 Å². The van der Waals surface area contributed by atoms with Crippen LogP contribution in [-0.2, 0) is 14.3 Å². The van der Waals surface area contributed by atoms with Crippen LogP contribution in [0.25, 0.3) is 0 Å². The third kappa shape index (κ3) is 10.1. The Morgan fingerprint density at radius 1 is 1.41 bits per heavy atom. The number of aliphatic carboxylic acids is 1. The van der Waals surface area contributed by atoms with Crippen molar-refractivity contribution in [2.75, 3.05) is 11.5 Å². The molecule has 0 aromatic carbocycles. The Morgan fingerprint density at radius 3 is 2.47 bits per heavy atom. The van der Waals surface area contributed by atoms with E-state index in [-0.39, 0.29) is 5.97 Å². The van der Waals surface area contributed by atoms with Crippen LogP contribution in [0.5, 0.6) is 0 Å². The van der Waals surface area contributed by atoms with E-state index in [0.29, 0.717) is 24.3 Å². The van der Waals surface area contributed by atoms with Crippen molar-refractivity contribution in [2.45, 2.75) is 45.3 Å². The van der Waals surface area contributed by atoms with E-state index >= 15 is 0 Å². The Bertz CT molecular complexity index is 263. The molecule has 0 spiro atoms. The lowest BCUT2D eigenvalue weighted by atomic mass is 10.2. The highest BCUT2D eigenvalue weighted by molar-refractivity contribution is 7.99. The zero-order chi connectivity index (χ0) is 13.5. The molecule has 0 radical (unpaired) electrons. The van der Waals surface area contributed by atoms with Crippen LogP contribution in [0.4, 0.5) is 0 Å². The molecular weight excluding hydrogens is 242 g/mol. The van der Waals surface area contributed by atoms with Crippen molar-refractivity contribution < 1.29 is 19.4 Å². The quantitative estimate of drug-likeness (QED) is 0.531. The van der Waals surface area contributed by atoms with Gasteiger partial charge in [0.25, 0.3) is 0 Å². The Hall–Kier alpha value is -0.750. The molecule has 0 aromatic rings. The lowest BCUT2D eigenvalue weighted by molar-refractivity contribution is -0.154. The zero-order valence-electron chi connectivity index (χ0n) is 10.6. The lowest BCUT2D eigenvalue weighted by Gasteiger charge is -2.19. The van der Waals surface area contributed by atoms with Crippen molar-refractivity contribution in [1.82, 2.24) is 0 Å². The number of hydrogen-bond acceptors (Lipinski definition) is 5. The molecule has 0 aliphatic heterocycles. The van der Waals surface area contributed by atoms with E-state index in [2.05, 4.69) is 0 Å². The normalized spacial score (nSPS) is 13.2. The molecule has 0 saturated carbocycles. The fraction of sp³-hybridized carbons (Fsp3) is 0.818. The van der Waals surface area contributed by atoms with Crippen molar-refractivity contribution in [2.24, 2.45) is 5.73 Å². The van der Waals surface area contributed by atoms with Gasteiger partial charge in [0, 0.05) is 12.2 Å². The van der Waals surface area contributed by atoms with Crippen LogP contribution in [0.3, 0.4) is 0 Å². The number of ether oxygens (including phenoxy) is 1. The zero-order valence-corrected chi connectivity index (χ0v) is 11.4. The molecule has 100 valence electrons. The first kappa shape index (κ1) is 16.2. The molecule has 0 bridgehead atoms. The molecule has 3 N–H and O–H groups in total. The van der Waals surface area contributed by atoms with Crippen LogP contribution in [0.15, 0.2) is 0 Å². The summed E-state index contributed by atoms with van der Waals surface area (Å²) in [6.45, 7) is 5.47. The van der Waals surface area contributed by atoms with Gasteiger partial charge in [-0.15, -0.1) is 0 Å². The van der Waals surface area contributed by atoms with Gasteiger partial charge >= 0.3 is 11.9 Å². The molecule has 1 unspecified atom stereocenters. The standard InChI is InChI=1S/C11H21NO4S/c1-11(2,3)16-9(13)5-4-6-17-7-8(12)10(14)15/h8H,4-7,12H2,1-3H3,(H,14,15). The number of carbonyl (C=O) groups is 2. The molecule has 6 heteroatoms. The molecule has 0 saturated heterocycles. The van der Waals surface area contributed by atoms with Crippen molar-refractivity contribution in [3.05, 3.63) is 0 Å². The summed E-state index contributed by atoms with van der Waals surface area (Å²) in [5, 5.41) is 8.54. The summed E-state index contributed by atoms with van der Waals surface area (Å²) in [5.41, 5.74) is 4.88. The fourth-order valence-corrected chi connectivity index (χ4v) is 1.90. The minimum atomic E-state index is -0.996. The molecule has 0 aliphatic carbocycles. The van der Waals surface area contributed by atoms with Gasteiger partial charge in [-0.25, -0.2) is 0 Å². The fourth-order valence-electron chi connectivity index (χ4n) is 0.993. The predicted octanol–water partition coefficient (Wildman–Crippen LogP) is 1.25. The van der Waals surface area contributed by atoms with Gasteiger partial charge in [0.2, 0.25) is 0 Å². The van der Waals surface area contributed by atoms with Gasteiger partial charge in [0.05, 0.1) is 0 Å². The molecule has 0 heterocycles. The van der Waals surface area contributed by atoms with E-state index in [1.165, 1.54) is 11.8 Å². The van der Waals surface area contributed by atoms with E-state index in [0.717, 1.165) is 0 Å². The number of rotatable bonds is 7. The SMILES string of the molecule is CC(C)(C)OC(=O)CCCSCC(N)C(=O)O. The Kier molecular flexibility index (Phi) is 7.22. The van der Waals surface area contributed by atoms with E-state index in [1.807, 2.05) is 20.8 Å². The number of nitrogens with two attached hydrogens (primary N) is 1. The van der Waals surface area contributed by atoms with Crippen LogP contribution < -0.4 is 5.73 Å². The first-order valence-corrected chi connectivity index (χ1v) is 6.66. The van der Waals surface area contributed by atoms with Gasteiger partial charge in [-0.05, 0) is 32.9 Å². The maximum Gasteiger partial charge on any atom is 0.321 e. The second kappa shape index (κ2) is 7.55. The molecule has 0 aliphatic rings. The van der Waals surface area contributed by atoms with Crippen molar-refractivity contribution >= 4 is 23.7 Å². The predicted molar refractivity (Wildman–Crippen MR) is 68.0 cm³/mol. The first-order chi connectivity index (χ1) is 7.72. The number of thioether (sulfide) groups is 1. The van der Waals surface area contributed by atoms with Gasteiger partial charge in [-0.3, -0.25) is 9.59 Å². The summed E-state index contributed by atoms with van der Waals surface area (Å²) in [4.78, 5) is 21.7. The number of carbonyl (C=O) groups excluding carboxylic acids is 1. The number of carboxylic acid groups (broad SMARTS) is 1. The third-order valence-corrected chi connectivity index (χ3v) is 2.88. The summed E-state index contributed by atoms with van der Waals surface area (Å²) in [6.07, 6.45) is 1.03. The van der Waals surface area contributed by atoms with Gasteiger partial charge in [0.1, 0.15) is 11.6 Å². The van der Waals surface area contributed by atoms with Crippen LogP contribution >= 0.6 is 11.8 Å². The van der Waals surface area contributed by atoms with Crippen LogP contribution in [-0.4, -0.2) is 40.2 Å². The molecule has 0 amide bonds. The number of hydrogen-bond donors (Lipinski definition) is 2. The van der Waals surface area contributed by atoms with Gasteiger partial charge in [-0.2, -0.15) is 11.8 Å². The van der Waals surface area contributed by atoms with Gasteiger partial charge < -0.3 is 15.6 Å². The number of esters is 1. The maximum absolute atomic E-state index is 11.3. The van der Waals surface area contributed by atoms with Crippen LogP contribution in [0.1, 0.15) is 33.6 Å². The highest BCUT2D eigenvalue weighted by Crippen LogP contribution is 2.11. The summed E-state index contributed by atoms with van der Waals surface area (Å²) >= 11 is 1.44. The first-order valence-electron chi connectivity index (χ1n) is 5.50. The van der Waals surface area contributed by atoms with Crippen LogP contribution in [0.2, 0.25) is 0 Å². The minimum absolute atomic E-state index is 0.222. The average molecular weight is 263 g/mol. The second-order valence-corrected chi connectivity index (χ2v) is 5.86. The van der Waals surface area contributed by atoms with Gasteiger partial charge in [-0.1, -0.05) is 0 Å². The largest absolute Gasteiger partial charge is 0.480 e. The van der Waals surface area contributed by atoms with Crippen molar-refractivity contribution in [3.63, 3.8) is 0 Å². The Labute approximate surface area is 106 Å². The Morgan fingerprint density at radius 2 is 2.00 bits per heavy atom. The van der Waals surface area contributed by atoms with E-state index in [9.17, 15) is 9.59 Å². The molecule has 1 atom stereocenters.